The molecule has 13 heavy (non-hydrogen) atoms. The highest BCUT2D eigenvalue weighted by molar-refractivity contribution is 4.95. The first kappa shape index (κ1) is 9.47. The molecule has 0 radical (unpaired) electrons. The average Bonchev–Trinajstić information content (AvgIpc) is 2.47. The lowest BCUT2D eigenvalue weighted by Crippen LogP contribution is -2.24. The molecule has 0 spiro atoms. The summed E-state index contributed by atoms with van der Waals surface area (Å²) in [6.45, 7) is 8.56. The molecule has 0 amide bonds. The Morgan fingerprint density at radius 3 is 2.46 bits per heavy atom. The fourth-order valence-corrected chi connectivity index (χ4v) is 2.77. The van der Waals surface area contributed by atoms with Crippen LogP contribution in [-0.2, 0) is 9.47 Å². The Kier molecular flexibility index (Phi) is 2.16. The van der Waals surface area contributed by atoms with Crippen LogP contribution in [0.2, 0.25) is 0 Å². The highest BCUT2D eigenvalue weighted by Gasteiger charge is 2.51. The predicted octanol–water partition coefficient (Wildman–Crippen LogP) is 2.57. The van der Waals surface area contributed by atoms with E-state index in [1.54, 1.807) is 0 Å². The molecule has 2 rings (SSSR count). The van der Waals surface area contributed by atoms with E-state index in [1.165, 1.54) is 12.8 Å². The average molecular weight is 184 g/mol. The number of hydrogen-bond acceptors (Lipinski definition) is 2. The highest BCUT2D eigenvalue weighted by Crippen LogP contribution is 2.45. The van der Waals surface area contributed by atoms with E-state index in [0.29, 0.717) is 24.0 Å². The molecule has 1 heterocycles. The molecule has 76 valence electrons. The van der Waals surface area contributed by atoms with Crippen LogP contribution in [0, 0.1) is 11.8 Å². The fraction of sp³-hybridized carbons (Fsp3) is 1.00. The van der Waals surface area contributed by atoms with Crippen molar-refractivity contribution in [3.05, 3.63) is 0 Å². The monoisotopic (exact) mass is 184 g/mol. The van der Waals surface area contributed by atoms with Crippen molar-refractivity contribution in [2.45, 2.75) is 58.5 Å². The first-order valence-corrected chi connectivity index (χ1v) is 5.39. The molecule has 0 N–H and O–H groups in total. The van der Waals surface area contributed by atoms with Gasteiger partial charge in [0.25, 0.3) is 0 Å². The van der Waals surface area contributed by atoms with Gasteiger partial charge in [-0.15, -0.1) is 0 Å². The van der Waals surface area contributed by atoms with Gasteiger partial charge in [0.05, 0.1) is 12.2 Å². The molecule has 1 aliphatic carbocycles. The van der Waals surface area contributed by atoms with Gasteiger partial charge in [-0.2, -0.15) is 0 Å². The minimum atomic E-state index is -0.350. The van der Waals surface area contributed by atoms with E-state index in [4.69, 9.17) is 9.47 Å². The van der Waals surface area contributed by atoms with Crippen molar-refractivity contribution in [2.24, 2.45) is 11.8 Å². The molecule has 2 fully saturated rings. The van der Waals surface area contributed by atoms with Gasteiger partial charge in [-0.25, -0.2) is 0 Å². The summed E-state index contributed by atoms with van der Waals surface area (Å²) in [4.78, 5) is 0. The number of ether oxygens (including phenoxy) is 2. The third kappa shape index (κ3) is 1.50. The van der Waals surface area contributed by atoms with Crippen LogP contribution in [0.25, 0.3) is 0 Å². The van der Waals surface area contributed by atoms with Crippen LogP contribution in [0.5, 0.6) is 0 Å². The van der Waals surface area contributed by atoms with Gasteiger partial charge in [0.2, 0.25) is 0 Å². The Balaban J connectivity index is 2.12. The zero-order valence-electron chi connectivity index (χ0n) is 9.04. The van der Waals surface area contributed by atoms with E-state index in [1.807, 2.05) is 13.8 Å². The van der Waals surface area contributed by atoms with Crippen molar-refractivity contribution in [3.8, 4) is 0 Å². The lowest BCUT2D eigenvalue weighted by molar-refractivity contribution is -0.160. The summed E-state index contributed by atoms with van der Waals surface area (Å²) in [5.74, 6) is 1.02. The molecule has 2 aliphatic rings. The van der Waals surface area contributed by atoms with Crippen LogP contribution in [0.15, 0.2) is 0 Å². The molecule has 2 nitrogen and oxygen atoms in total. The van der Waals surface area contributed by atoms with Gasteiger partial charge in [-0.05, 0) is 32.1 Å². The molecule has 4 atom stereocenters. The van der Waals surface area contributed by atoms with E-state index in [0.717, 1.165) is 0 Å². The van der Waals surface area contributed by atoms with E-state index < -0.39 is 0 Å². The van der Waals surface area contributed by atoms with E-state index in [-0.39, 0.29) is 5.79 Å². The van der Waals surface area contributed by atoms with Crippen LogP contribution in [0.1, 0.15) is 40.5 Å². The SMILES string of the molecule is CC[C@H]1C[C@@H](C)[C@@H]2OC(C)(C)O[C@H]12. The first-order valence-electron chi connectivity index (χ1n) is 5.39. The molecule has 0 bridgehead atoms. The molecule has 0 aromatic carbocycles. The van der Waals surface area contributed by atoms with Crippen molar-refractivity contribution in [2.75, 3.05) is 0 Å². The summed E-state index contributed by atoms with van der Waals surface area (Å²) in [5, 5.41) is 0. The van der Waals surface area contributed by atoms with Crippen LogP contribution >= 0.6 is 0 Å². The smallest absolute Gasteiger partial charge is 0.163 e. The van der Waals surface area contributed by atoms with Crippen molar-refractivity contribution < 1.29 is 9.47 Å². The maximum atomic E-state index is 5.92. The van der Waals surface area contributed by atoms with Crippen molar-refractivity contribution in [1.82, 2.24) is 0 Å². The summed E-state index contributed by atoms with van der Waals surface area (Å²) >= 11 is 0. The summed E-state index contributed by atoms with van der Waals surface area (Å²) in [6, 6.07) is 0. The maximum Gasteiger partial charge on any atom is 0.163 e. The lowest BCUT2D eigenvalue weighted by Gasteiger charge is -2.21. The van der Waals surface area contributed by atoms with E-state index in [2.05, 4.69) is 13.8 Å². The zero-order valence-corrected chi connectivity index (χ0v) is 9.04. The zero-order chi connectivity index (χ0) is 9.64. The molecule has 0 unspecified atom stereocenters. The predicted molar refractivity (Wildman–Crippen MR) is 51.4 cm³/mol. The van der Waals surface area contributed by atoms with Crippen LogP contribution in [0.3, 0.4) is 0 Å². The van der Waals surface area contributed by atoms with Gasteiger partial charge in [0.1, 0.15) is 0 Å². The van der Waals surface area contributed by atoms with Crippen molar-refractivity contribution >= 4 is 0 Å². The lowest BCUT2D eigenvalue weighted by atomic mass is 10.0. The Morgan fingerprint density at radius 1 is 1.23 bits per heavy atom. The number of fused-ring (bicyclic) bond motifs is 1. The largest absolute Gasteiger partial charge is 0.344 e. The van der Waals surface area contributed by atoms with Gasteiger partial charge < -0.3 is 9.47 Å². The first-order chi connectivity index (χ1) is 6.03. The normalized spacial score (nSPS) is 48.0. The molecular weight excluding hydrogens is 164 g/mol. The van der Waals surface area contributed by atoms with E-state index >= 15 is 0 Å². The summed E-state index contributed by atoms with van der Waals surface area (Å²) in [6.07, 6.45) is 3.18. The molecule has 1 aliphatic heterocycles. The Bertz CT molecular complexity index is 200. The van der Waals surface area contributed by atoms with Gasteiger partial charge in [-0.1, -0.05) is 20.3 Å². The van der Waals surface area contributed by atoms with Crippen LogP contribution < -0.4 is 0 Å². The van der Waals surface area contributed by atoms with Gasteiger partial charge in [0, 0.05) is 0 Å². The molecular formula is C11H20O2. The fourth-order valence-electron chi connectivity index (χ4n) is 2.77. The van der Waals surface area contributed by atoms with Crippen molar-refractivity contribution in [3.63, 3.8) is 0 Å². The minimum Gasteiger partial charge on any atom is -0.344 e. The van der Waals surface area contributed by atoms with Crippen molar-refractivity contribution in [1.29, 1.82) is 0 Å². The Morgan fingerprint density at radius 2 is 1.85 bits per heavy atom. The second-order valence-electron chi connectivity index (χ2n) is 4.95. The summed E-state index contributed by atoms with van der Waals surface area (Å²) < 4.78 is 11.8. The number of rotatable bonds is 1. The topological polar surface area (TPSA) is 18.5 Å². The minimum absolute atomic E-state index is 0.347. The quantitative estimate of drug-likeness (QED) is 0.623. The summed E-state index contributed by atoms with van der Waals surface area (Å²) in [7, 11) is 0. The van der Waals surface area contributed by atoms with E-state index in [9.17, 15) is 0 Å². The van der Waals surface area contributed by atoms with Gasteiger partial charge in [-0.3, -0.25) is 0 Å². The second-order valence-corrected chi connectivity index (χ2v) is 4.95. The summed E-state index contributed by atoms with van der Waals surface area (Å²) in [5.41, 5.74) is 0. The second kappa shape index (κ2) is 2.96. The molecule has 0 aromatic rings. The van der Waals surface area contributed by atoms with Crippen LogP contribution in [0.4, 0.5) is 0 Å². The molecule has 1 saturated carbocycles. The highest BCUT2D eigenvalue weighted by atomic mass is 16.8. The standard InChI is InChI=1S/C11H20O2/c1-5-8-6-7(2)9-10(8)13-11(3,4)12-9/h7-10H,5-6H2,1-4H3/t7-,8+,9+,10-/m1/s1. The van der Waals surface area contributed by atoms with Gasteiger partial charge >= 0.3 is 0 Å². The Hall–Kier alpha value is -0.0800. The van der Waals surface area contributed by atoms with Gasteiger partial charge in [0.15, 0.2) is 5.79 Å². The number of hydrogen-bond donors (Lipinski definition) is 0. The van der Waals surface area contributed by atoms with Crippen LogP contribution in [-0.4, -0.2) is 18.0 Å². The molecule has 1 saturated heterocycles. The third-order valence-corrected chi connectivity index (χ3v) is 3.39. The third-order valence-electron chi connectivity index (χ3n) is 3.39. The molecule has 0 aromatic heterocycles. The maximum absolute atomic E-state index is 5.92. The Labute approximate surface area is 80.6 Å². The molecule has 2 heteroatoms.